The maximum Gasteiger partial charge on any atom is 0.0639 e. The van der Waals surface area contributed by atoms with Gasteiger partial charge in [0.05, 0.1) is 5.69 Å². The third-order valence-electron chi connectivity index (χ3n) is 4.13. The van der Waals surface area contributed by atoms with Gasteiger partial charge in [0.2, 0.25) is 0 Å². The fourth-order valence-electron chi connectivity index (χ4n) is 2.90. The molecular formula is C20H30ClN. The predicted octanol–water partition coefficient (Wildman–Crippen LogP) is 7.21. The van der Waals surface area contributed by atoms with Crippen LogP contribution in [0, 0.1) is 19.8 Å². The highest BCUT2D eigenvalue weighted by Crippen LogP contribution is 2.29. The number of hydrogen-bond donors (Lipinski definition) is 0. The Morgan fingerprint density at radius 2 is 1.68 bits per heavy atom. The van der Waals surface area contributed by atoms with E-state index in [0.717, 1.165) is 41.1 Å². The second-order valence-corrected chi connectivity index (χ2v) is 6.80. The van der Waals surface area contributed by atoms with E-state index in [-0.39, 0.29) is 0 Å². The molecule has 1 aromatic rings. The molecule has 0 amide bonds. The zero-order valence-electron chi connectivity index (χ0n) is 15.2. The Kier molecular flexibility index (Phi) is 7.35. The molecule has 122 valence electrons. The molecule has 1 atom stereocenters. The van der Waals surface area contributed by atoms with E-state index in [1.165, 1.54) is 16.9 Å². The van der Waals surface area contributed by atoms with E-state index < -0.39 is 0 Å². The largest absolute Gasteiger partial charge is 0.253 e. The van der Waals surface area contributed by atoms with Gasteiger partial charge in [-0.15, -0.1) is 0 Å². The molecule has 0 aliphatic rings. The first kappa shape index (κ1) is 19.0. The van der Waals surface area contributed by atoms with Crippen LogP contribution in [0.2, 0.25) is 5.02 Å². The molecular weight excluding hydrogens is 290 g/mol. The summed E-state index contributed by atoms with van der Waals surface area (Å²) in [6, 6.07) is 4.18. The van der Waals surface area contributed by atoms with E-state index in [1.807, 2.05) is 13.8 Å². The van der Waals surface area contributed by atoms with Crippen LogP contribution in [0.15, 0.2) is 28.3 Å². The molecule has 0 saturated heterocycles. The summed E-state index contributed by atoms with van der Waals surface area (Å²) in [7, 11) is 0. The molecule has 2 heteroatoms. The Balaban J connectivity index is 3.39. The summed E-state index contributed by atoms with van der Waals surface area (Å²) in [5.74, 6) is 0.546. The van der Waals surface area contributed by atoms with E-state index in [9.17, 15) is 0 Å². The van der Waals surface area contributed by atoms with E-state index >= 15 is 0 Å². The van der Waals surface area contributed by atoms with Crippen molar-refractivity contribution in [2.24, 2.45) is 10.9 Å². The highest BCUT2D eigenvalue weighted by molar-refractivity contribution is 6.32. The number of rotatable bonds is 6. The Morgan fingerprint density at radius 1 is 1.14 bits per heavy atom. The third kappa shape index (κ3) is 4.71. The van der Waals surface area contributed by atoms with E-state index in [1.54, 1.807) is 0 Å². The van der Waals surface area contributed by atoms with Crippen LogP contribution >= 0.6 is 11.6 Å². The zero-order valence-corrected chi connectivity index (χ0v) is 15.9. The minimum absolute atomic E-state index is 0.546. The molecule has 0 radical (unpaired) electrons. The number of hydrogen-bond acceptors (Lipinski definition) is 1. The van der Waals surface area contributed by atoms with Gasteiger partial charge in [-0.05, 0) is 75.3 Å². The molecule has 22 heavy (non-hydrogen) atoms. The molecule has 1 aromatic carbocycles. The van der Waals surface area contributed by atoms with Crippen LogP contribution in [0.4, 0.5) is 5.69 Å². The van der Waals surface area contributed by atoms with Gasteiger partial charge >= 0.3 is 0 Å². The van der Waals surface area contributed by atoms with Crippen molar-refractivity contribution in [1.29, 1.82) is 0 Å². The summed E-state index contributed by atoms with van der Waals surface area (Å²) < 4.78 is 0. The van der Waals surface area contributed by atoms with Crippen molar-refractivity contribution < 1.29 is 0 Å². The second-order valence-electron chi connectivity index (χ2n) is 6.43. The molecule has 1 nitrogen and oxygen atoms in total. The molecule has 0 aliphatic carbocycles. The first-order valence-corrected chi connectivity index (χ1v) is 8.71. The van der Waals surface area contributed by atoms with E-state index in [0.29, 0.717) is 5.92 Å². The maximum absolute atomic E-state index is 6.28. The summed E-state index contributed by atoms with van der Waals surface area (Å²) in [6.07, 6.45) is 3.27. The molecule has 0 spiro atoms. The molecule has 0 N–H and O–H groups in total. The number of nitrogens with zero attached hydrogens (tertiary/aromatic N) is 1. The minimum atomic E-state index is 0.546. The summed E-state index contributed by atoms with van der Waals surface area (Å²) in [5, 5.41) is 0.848. The lowest BCUT2D eigenvalue weighted by Gasteiger charge is -2.19. The highest BCUT2D eigenvalue weighted by atomic mass is 35.5. The summed E-state index contributed by atoms with van der Waals surface area (Å²) in [6.45, 7) is 15.2. The van der Waals surface area contributed by atoms with E-state index in [2.05, 4.69) is 46.8 Å². The van der Waals surface area contributed by atoms with Crippen LogP contribution in [0.25, 0.3) is 0 Å². The number of aliphatic imine (C=N–C) groups is 1. The molecule has 0 aliphatic heterocycles. The monoisotopic (exact) mass is 319 g/mol. The fourth-order valence-corrected chi connectivity index (χ4v) is 3.01. The fraction of sp³-hybridized carbons (Fsp3) is 0.550. The lowest BCUT2D eigenvalue weighted by molar-refractivity contribution is 0.668. The minimum Gasteiger partial charge on any atom is -0.253 e. The number of aryl methyl sites for hydroxylation is 2. The van der Waals surface area contributed by atoms with Crippen molar-refractivity contribution in [3.8, 4) is 0 Å². The molecule has 0 aromatic heterocycles. The van der Waals surface area contributed by atoms with Gasteiger partial charge in [0.15, 0.2) is 0 Å². The van der Waals surface area contributed by atoms with Gasteiger partial charge in [-0.2, -0.15) is 0 Å². The van der Waals surface area contributed by atoms with Crippen LogP contribution in [0.3, 0.4) is 0 Å². The smallest absolute Gasteiger partial charge is 0.0639 e. The predicted molar refractivity (Wildman–Crippen MR) is 101 cm³/mol. The van der Waals surface area contributed by atoms with Gasteiger partial charge in [-0.1, -0.05) is 44.4 Å². The van der Waals surface area contributed by atoms with Crippen molar-refractivity contribution in [3.05, 3.63) is 39.4 Å². The van der Waals surface area contributed by atoms with Crippen LogP contribution in [0.1, 0.15) is 65.0 Å². The van der Waals surface area contributed by atoms with Gasteiger partial charge in [-0.3, -0.25) is 4.99 Å². The first-order chi connectivity index (χ1) is 10.3. The van der Waals surface area contributed by atoms with Crippen LogP contribution in [-0.2, 0) is 0 Å². The van der Waals surface area contributed by atoms with Gasteiger partial charge in [0.1, 0.15) is 0 Å². The third-order valence-corrected chi connectivity index (χ3v) is 4.72. The standard InChI is InChI=1S/C20H30ClN/c1-8-10-18(19(13(3)4)14(5)9-2)22-17-11-15(6)20(21)16(7)12-17/h11-12,14H,8-10H2,1-7H3/t14-/m1/s1. The Bertz CT molecular complexity index is 554. The molecule has 0 unspecified atom stereocenters. The molecule has 0 heterocycles. The van der Waals surface area contributed by atoms with Crippen LogP contribution in [0.5, 0.6) is 0 Å². The van der Waals surface area contributed by atoms with Gasteiger partial charge in [0, 0.05) is 10.7 Å². The Morgan fingerprint density at radius 3 is 2.09 bits per heavy atom. The van der Waals surface area contributed by atoms with Gasteiger partial charge < -0.3 is 0 Å². The van der Waals surface area contributed by atoms with Crippen LogP contribution in [-0.4, -0.2) is 5.71 Å². The highest BCUT2D eigenvalue weighted by Gasteiger charge is 2.15. The van der Waals surface area contributed by atoms with Gasteiger partial charge in [-0.25, -0.2) is 0 Å². The second kappa shape index (κ2) is 8.53. The molecule has 0 saturated carbocycles. The zero-order chi connectivity index (χ0) is 16.9. The first-order valence-electron chi connectivity index (χ1n) is 8.33. The van der Waals surface area contributed by atoms with Crippen molar-refractivity contribution >= 4 is 23.0 Å². The van der Waals surface area contributed by atoms with Crippen molar-refractivity contribution in [2.45, 2.75) is 67.7 Å². The van der Waals surface area contributed by atoms with Crippen molar-refractivity contribution in [2.75, 3.05) is 0 Å². The Labute approximate surface area is 141 Å². The quantitative estimate of drug-likeness (QED) is 0.491. The number of benzene rings is 1. The molecule has 0 fully saturated rings. The maximum atomic E-state index is 6.28. The molecule has 1 rings (SSSR count). The molecule has 0 bridgehead atoms. The normalized spacial score (nSPS) is 13.2. The summed E-state index contributed by atoms with van der Waals surface area (Å²) in [4.78, 5) is 5.00. The number of halogens is 1. The van der Waals surface area contributed by atoms with Crippen molar-refractivity contribution in [3.63, 3.8) is 0 Å². The van der Waals surface area contributed by atoms with Gasteiger partial charge in [0.25, 0.3) is 0 Å². The Hall–Kier alpha value is -1.08. The number of allylic oxidation sites excluding steroid dienone is 2. The lowest BCUT2D eigenvalue weighted by atomic mass is 9.88. The SMILES string of the molecule is CCCC(=Nc1cc(C)c(Cl)c(C)c1)C(=C(C)C)[C@H](C)CC. The summed E-state index contributed by atoms with van der Waals surface area (Å²) >= 11 is 6.28. The van der Waals surface area contributed by atoms with Crippen molar-refractivity contribution in [1.82, 2.24) is 0 Å². The average Bonchev–Trinajstić information content (AvgIpc) is 2.44. The van der Waals surface area contributed by atoms with E-state index in [4.69, 9.17) is 16.6 Å². The summed E-state index contributed by atoms with van der Waals surface area (Å²) in [5.41, 5.74) is 7.25. The lowest BCUT2D eigenvalue weighted by Crippen LogP contribution is -2.12. The topological polar surface area (TPSA) is 12.4 Å². The van der Waals surface area contributed by atoms with Crippen LogP contribution < -0.4 is 0 Å². The average molecular weight is 320 g/mol.